The van der Waals surface area contributed by atoms with Gasteiger partial charge in [-0.2, -0.15) is 13.2 Å². The number of methoxy groups -OCH3 is 1. The minimum Gasteiger partial charge on any atom is -0.464 e. The van der Waals surface area contributed by atoms with Crippen LogP contribution in [-0.2, 0) is 35.0 Å². The summed E-state index contributed by atoms with van der Waals surface area (Å²) in [5, 5.41) is 8.37. The van der Waals surface area contributed by atoms with E-state index in [0.717, 1.165) is 7.11 Å². The molecule has 2 fully saturated rings. The molecule has 2 heterocycles. The highest BCUT2D eigenvalue weighted by Gasteiger charge is 2.38. The molecule has 2 saturated heterocycles. The first-order chi connectivity index (χ1) is 23.3. The maximum Gasteiger partial charge on any atom is 0.407 e. The van der Waals surface area contributed by atoms with Gasteiger partial charge in [-0.3, -0.25) is 9.59 Å². The van der Waals surface area contributed by atoms with Crippen molar-refractivity contribution in [3.8, 4) is 0 Å². The topological polar surface area (TPSA) is 124 Å². The second-order valence-corrected chi connectivity index (χ2v) is 12.3. The van der Waals surface area contributed by atoms with E-state index in [1.54, 1.807) is 6.07 Å². The monoisotopic (exact) mass is 719 g/mol. The summed E-state index contributed by atoms with van der Waals surface area (Å²) in [6.45, 7) is 1.06. The summed E-state index contributed by atoms with van der Waals surface area (Å²) in [5.41, 5.74) is 0.792. The van der Waals surface area contributed by atoms with E-state index in [1.807, 2.05) is 0 Å². The Hall–Kier alpha value is -3.53. The number of benzene rings is 2. The molecular weight excluding hydrogens is 681 g/mol. The molecule has 270 valence electrons. The third-order valence-electron chi connectivity index (χ3n) is 8.52. The van der Waals surface area contributed by atoms with Crippen LogP contribution in [0.5, 0.6) is 0 Å². The van der Waals surface area contributed by atoms with Gasteiger partial charge in [-0.15, -0.1) is 0 Å². The van der Waals surface area contributed by atoms with Gasteiger partial charge in [0, 0.05) is 36.9 Å². The minimum absolute atomic E-state index is 0.100. The van der Waals surface area contributed by atoms with Gasteiger partial charge in [0.25, 0.3) is 0 Å². The van der Waals surface area contributed by atoms with Gasteiger partial charge in [-0.05, 0) is 61.4 Å². The lowest BCUT2D eigenvalue weighted by Crippen LogP contribution is -2.50. The number of alkyl halides is 3. The molecular formula is C33H39ClF5N3O7. The van der Waals surface area contributed by atoms with Gasteiger partial charge in [-0.25, -0.2) is 13.6 Å². The second kappa shape index (κ2) is 17.9. The molecule has 0 saturated carbocycles. The molecule has 10 nitrogen and oxygen atoms in total. The van der Waals surface area contributed by atoms with Crippen LogP contribution in [0.25, 0.3) is 0 Å². The Labute approximate surface area is 285 Å². The van der Waals surface area contributed by atoms with Crippen LogP contribution < -0.4 is 16.0 Å². The molecule has 2 aliphatic rings. The van der Waals surface area contributed by atoms with Crippen LogP contribution in [0, 0.1) is 17.6 Å². The lowest BCUT2D eigenvalue weighted by Gasteiger charge is -2.36. The summed E-state index contributed by atoms with van der Waals surface area (Å²) in [4.78, 5) is 38.1. The van der Waals surface area contributed by atoms with Gasteiger partial charge in [-0.1, -0.05) is 23.7 Å². The van der Waals surface area contributed by atoms with E-state index in [2.05, 4.69) is 16.0 Å². The minimum atomic E-state index is -4.45. The number of carbonyl (C=O) groups excluding carboxylic acids is 3. The van der Waals surface area contributed by atoms with Gasteiger partial charge >= 0.3 is 18.2 Å². The molecule has 0 aliphatic carbocycles. The number of esters is 1. The van der Waals surface area contributed by atoms with Gasteiger partial charge in [0.1, 0.15) is 24.3 Å². The largest absolute Gasteiger partial charge is 0.464 e. The molecule has 0 bridgehead atoms. The van der Waals surface area contributed by atoms with Crippen LogP contribution in [-0.4, -0.2) is 82.4 Å². The fraction of sp³-hybridized carbons (Fsp3) is 0.545. The molecule has 16 heteroatoms. The number of amides is 2. The quantitative estimate of drug-likeness (QED) is 0.179. The highest BCUT2D eigenvalue weighted by molar-refractivity contribution is 6.30. The van der Waals surface area contributed by atoms with Crippen molar-refractivity contribution in [3.05, 3.63) is 64.2 Å². The summed E-state index contributed by atoms with van der Waals surface area (Å²) in [7, 11) is 1.15. The maximum absolute atomic E-state index is 15.2. The zero-order valence-corrected chi connectivity index (χ0v) is 27.5. The van der Waals surface area contributed by atoms with E-state index >= 15 is 4.39 Å². The third-order valence-corrected chi connectivity index (χ3v) is 8.83. The molecule has 4 atom stereocenters. The number of anilines is 1. The second-order valence-electron chi connectivity index (χ2n) is 11.9. The number of halogens is 6. The Morgan fingerprint density at radius 1 is 1.10 bits per heavy atom. The molecule has 3 N–H and O–H groups in total. The van der Waals surface area contributed by atoms with E-state index in [0.29, 0.717) is 44.6 Å². The Morgan fingerprint density at radius 3 is 2.51 bits per heavy atom. The predicted octanol–water partition coefficient (Wildman–Crippen LogP) is 5.67. The molecule has 2 amide bonds. The van der Waals surface area contributed by atoms with Crippen molar-refractivity contribution in [2.45, 2.75) is 68.8 Å². The van der Waals surface area contributed by atoms with E-state index in [-0.39, 0.29) is 47.9 Å². The molecule has 2 aromatic carbocycles. The van der Waals surface area contributed by atoms with Crippen molar-refractivity contribution in [3.63, 3.8) is 0 Å². The van der Waals surface area contributed by atoms with Crippen LogP contribution in [0.4, 0.5) is 32.4 Å². The summed E-state index contributed by atoms with van der Waals surface area (Å²) in [6.07, 6.45) is -6.22. The first-order valence-corrected chi connectivity index (χ1v) is 16.2. The molecule has 49 heavy (non-hydrogen) atoms. The molecule has 0 spiro atoms. The summed E-state index contributed by atoms with van der Waals surface area (Å²) in [5.74, 6) is -3.81. The Kier molecular flexibility index (Phi) is 14.0. The summed E-state index contributed by atoms with van der Waals surface area (Å²) in [6, 6.07) is 6.74. The zero-order chi connectivity index (χ0) is 35.6. The molecule has 4 rings (SSSR count). The maximum atomic E-state index is 15.2. The van der Waals surface area contributed by atoms with Gasteiger partial charge in [0.05, 0.1) is 43.7 Å². The number of alkyl carbamates (subject to hydrolysis) is 1. The normalized spacial score (nSPS) is 19.8. The molecule has 0 unspecified atom stereocenters. The van der Waals surface area contributed by atoms with E-state index in [4.69, 9.17) is 30.5 Å². The molecule has 0 radical (unpaired) electrons. The van der Waals surface area contributed by atoms with Crippen LogP contribution in [0.2, 0.25) is 5.02 Å². The van der Waals surface area contributed by atoms with Crippen LogP contribution in [0.15, 0.2) is 36.4 Å². The fourth-order valence-electron chi connectivity index (χ4n) is 5.95. The SMILES string of the molecule is COC(=O)N[C@H](C(=O)Nc1cccc(F)c1CC[C@@H]1CN[C@H](COC(=O)CCC(F)(F)F)CO1)[C@@H](c1ccc(Cl)c(F)c1)C1CCOCC1. The van der Waals surface area contributed by atoms with Crippen LogP contribution in [0.1, 0.15) is 49.1 Å². The number of rotatable bonds is 13. The number of hydrogen-bond acceptors (Lipinski definition) is 8. The Balaban J connectivity index is 1.43. The predicted molar refractivity (Wildman–Crippen MR) is 168 cm³/mol. The van der Waals surface area contributed by atoms with Crippen LogP contribution in [0.3, 0.4) is 0 Å². The average Bonchev–Trinajstić information content (AvgIpc) is 3.08. The van der Waals surface area contributed by atoms with Crippen molar-refractivity contribution in [2.24, 2.45) is 5.92 Å². The lowest BCUT2D eigenvalue weighted by molar-refractivity contribution is -0.158. The molecule has 0 aromatic heterocycles. The average molecular weight is 720 g/mol. The van der Waals surface area contributed by atoms with Crippen molar-refractivity contribution < 1.29 is 55.3 Å². The van der Waals surface area contributed by atoms with E-state index in [9.17, 15) is 31.9 Å². The van der Waals surface area contributed by atoms with E-state index < -0.39 is 66.6 Å². The van der Waals surface area contributed by atoms with Crippen molar-refractivity contribution in [1.82, 2.24) is 10.6 Å². The fourth-order valence-corrected chi connectivity index (χ4v) is 6.07. The number of nitrogens with one attached hydrogen (secondary N) is 3. The zero-order valence-electron chi connectivity index (χ0n) is 26.8. The van der Waals surface area contributed by atoms with Crippen LogP contribution >= 0.6 is 11.6 Å². The van der Waals surface area contributed by atoms with Gasteiger partial charge in [0.15, 0.2) is 0 Å². The number of carbonyl (C=O) groups is 3. The summed E-state index contributed by atoms with van der Waals surface area (Å²) >= 11 is 5.94. The highest BCUT2D eigenvalue weighted by atomic mass is 35.5. The Bertz CT molecular complexity index is 1440. The summed E-state index contributed by atoms with van der Waals surface area (Å²) < 4.78 is 87.9. The molecule has 2 aromatic rings. The van der Waals surface area contributed by atoms with Gasteiger partial charge in [0.2, 0.25) is 5.91 Å². The standard InChI is InChI=1S/C33H39ClF5N3O7/c1-46-32(45)42-30(29(19-10-13-47-14-11-19)20-5-8-24(34)26(36)15-20)31(44)41-27-4-2-3-25(35)23(27)7-6-22-16-40-21(17-48-22)18-49-28(43)9-12-33(37,38)39/h2-5,8,15,19,21-22,29-30,40H,6-7,9-14,16-18H2,1H3,(H,41,44)(H,42,45)/t21-,22+,29+,30-/m0/s1. The van der Waals surface area contributed by atoms with Gasteiger partial charge < -0.3 is 34.9 Å². The smallest absolute Gasteiger partial charge is 0.407 e. The first kappa shape index (κ1) is 38.3. The number of hydrogen-bond donors (Lipinski definition) is 3. The van der Waals surface area contributed by atoms with Crippen molar-refractivity contribution in [1.29, 1.82) is 0 Å². The number of ether oxygens (including phenoxy) is 4. The third kappa shape index (κ3) is 11.5. The Morgan fingerprint density at radius 2 is 1.86 bits per heavy atom. The van der Waals surface area contributed by atoms with Crippen molar-refractivity contribution in [2.75, 3.05) is 45.4 Å². The van der Waals surface area contributed by atoms with E-state index in [1.165, 1.54) is 30.3 Å². The lowest BCUT2D eigenvalue weighted by atomic mass is 9.76. The number of morpholine rings is 1. The highest BCUT2D eigenvalue weighted by Crippen LogP contribution is 2.37. The van der Waals surface area contributed by atoms with Crippen molar-refractivity contribution >= 4 is 35.3 Å². The first-order valence-electron chi connectivity index (χ1n) is 15.9. The molecule has 2 aliphatic heterocycles.